The van der Waals surface area contributed by atoms with E-state index in [0.717, 1.165) is 28.5 Å². The second-order valence-corrected chi connectivity index (χ2v) is 5.44. The molecule has 1 aromatic rings. The third-order valence-electron chi connectivity index (χ3n) is 3.61. The molecule has 2 aliphatic heterocycles. The summed E-state index contributed by atoms with van der Waals surface area (Å²) in [5.41, 5.74) is 1.11. The van der Waals surface area contributed by atoms with Crippen LogP contribution in [0.2, 0.25) is 5.02 Å². The monoisotopic (exact) mass is 268 g/mol. The standard InChI is InChI=1S/C14H17ClO3/c1-8(5-12-9(2)18-12)10-6-13-14(7-11(10)15)17-4-3-16-13/h6-9,12H,3-5H2,1-2H3. The molecule has 0 bridgehead atoms. The first-order valence-corrected chi connectivity index (χ1v) is 6.77. The minimum atomic E-state index is 0.364. The van der Waals surface area contributed by atoms with Crippen molar-refractivity contribution in [2.75, 3.05) is 13.2 Å². The van der Waals surface area contributed by atoms with E-state index in [2.05, 4.69) is 13.8 Å². The van der Waals surface area contributed by atoms with Crippen LogP contribution in [0, 0.1) is 0 Å². The highest BCUT2D eigenvalue weighted by molar-refractivity contribution is 6.31. The molecular weight excluding hydrogens is 252 g/mol. The van der Waals surface area contributed by atoms with E-state index in [1.54, 1.807) is 0 Å². The van der Waals surface area contributed by atoms with E-state index in [0.29, 0.717) is 31.3 Å². The van der Waals surface area contributed by atoms with Gasteiger partial charge in [-0.05, 0) is 30.9 Å². The van der Waals surface area contributed by atoms with Gasteiger partial charge < -0.3 is 14.2 Å². The van der Waals surface area contributed by atoms with Crippen LogP contribution >= 0.6 is 11.6 Å². The number of hydrogen-bond acceptors (Lipinski definition) is 3. The predicted octanol–water partition coefficient (Wildman–Crippen LogP) is 3.39. The minimum Gasteiger partial charge on any atom is -0.486 e. The third-order valence-corrected chi connectivity index (χ3v) is 3.94. The summed E-state index contributed by atoms with van der Waals surface area (Å²) in [5, 5.41) is 0.750. The number of halogens is 1. The topological polar surface area (TPSA) is 31.0 Å². The fourth-order valence-corrected chi connectivity index (χ4v) is 2.75. The van der Waals surface area contributed by atoms with Crippen LogP contribution < -0.4 is 9.47 Å². The molecule has 3 rings (SSSR count). The molecule has 3 nitrogen and oxygen atoms in total. The summed E-state index contributed by atoms with van der Waals surface area (Å²) in [6.07, 6.45) is 1.77. The number of hydrogen-bond donors (Lipinski definition) is 0. The molecule has 3 unspecified atom stereocenters. The van der Waals surface area contributed by atoms with E-state index >= 15 is 0 Å². The molecule has 0 radical (unpaired) electrons. The smallest absolute Gasteiger partial charge is 0.162 e. The molecule has 0 spiro atoms. The fourth-order valence-electron chi connectivity index (χ4n) is 2.41. The highest BCUT2D eigenvalue weighted by Gasteiger charge is 2.35. The lowest BCUT2D eigenvalue weighted by atomic mass is 9.95. The quantitative estimate of drug-likeness (QED) is 0.788. The van der Waals surface area contributed by atoms with E-state index in [9.17, 15) is 0 Å². The predicted molar refractivity (Wildman–Crippen MR) is 69.8 cm³/mol. The summed E-state index contributed by atoms with van der Waals surface area (Å²) >= 11 is 6.32. The lowest BCUT2D eigenvalue weighted by molar-refractivity contribution is 0.171. The summed E-state index contributed by atoms with van der Waals surface area (Å²) in [6.45, 7) is 5.46. The zero-order valence-corrected chi connectivity index (χ0v) is 11.4. The molecule has 1 fully saturated rings. The van der Waals surface area contributed by atoms with E-state index in [-0.39, 0.29) is 0 Å². The lowest BCUT2D eigenvalue weighted by Gasteiger charge is -2.21. The molecule has 0 N–H and O–H groups in total. The Hall–Kier alpha value is -0.930. The second kappa shape index (κ2) is 4.63. The van der Waals surface area contributed by atoms with Crippen molar-refractivity contribution in [2.45, 2.75) is 38.4 Å². The SMILES string of the molecule is CC(CC1OC1C)c1cc2c(cc1Cl)OCCO2. The highest BCUT2D eigenvalue weighted by atomic mass is 35.5. The minimum absolute atomic E-state index is 0.364. The lowest BCUT2D eigenvalue weighted by Crippen LogP contribution is -2.16. The van der Waals surface area contributed by atoms with Crippen molar-refractivity contribution in [1.82, 2.24) is 0 Å². The van der Waals surface area contributed by atoms with Crippen LogP contribution in [-0.2, 0) is 4.74 Å². The van der Waals surface area contributed by atoms with Crippen molar-refractivity contribution in [3.63, 3.8) is 0 Å². The fraction of sp³-hybridized carbons (Fsp3) is 0.571. The van der Waals surface area contributed by atoms with Gasteiger partial charge in [0, 0.05) is 11.1 Å². The maximum atomic E-state index is 6.32. The first-order chi connectivity index (χ1) is 8.65. The van der Waals surface area contributed by atoms with Gasteiger partial charge >= 0.3 is 0 Å². The largest absolute Gasteiger partial charge is 0.486 e. The number of fused-ring (bicyclic) bond motifs is 1. The Bertz CT molecular complexity index is 461. The average molecular weight is 269 g/mol. The van der Waals surface area contributed by atoms with E-state index in [4.69, 9.17) is 25.8 Å². The van der Waals surface area contributed by atoms with E-state index in [1.165, 1.54) is 0 Å². The van der Waals surface area contributed by atoms with Crippen molar-refractivity contribution in [3.05, 3.63) is 22.7 Å². The van der Waals surface area contributed by atoms with Gasteiger partial charge in [-0.15, -0.1) is 0 Å². The molecule has 3 atom stereocenters. The molecule has 1 saturated heterocycles. The Morgan fingerprint density at radius 1 is 1.28 bits per heavy atom. The highest BCUT2D eigenvalue weighted by Crippen LogP contribution is 2.41. The molecule has 18 heavy (non-hydrogen) atoms. The Morgan fingerprint density at radius 2 is 1.89 bits per heavy atom. The van der Waals surface area contributed by atoms with Crippen molar-refractivity contribution >= 4 is 11.6 Å². The molecule has 0 saturated carbocycles. The van der Waals surface area contributed by atoms with Crippen LogP contribution in [0.4, 0.5) is 0 Å². The van der Waals surface area contributed by atoms with Crippen molar-refractivity contribution < 1.29 is 14.2 Å². The van der Waals surface area contributed by atoms with Crippen LogP contribution in [0.5, 0.6) is 11.5 Å². The number of epoxide rings is 1. The van der Waals surface area contributed by atoms with Gasteiger partial charge in [-0.3, -0.25) is 0 Å². The Morgan fingerprint density at radius 3 is 2.50 bits per heavy atom. The maximum absolute atomic E-state index is 6.32. The molecule has 4 heteroatoms. The van der Waals surface area contributed by atoms with Crippen LogP contribution in [0.15, 0.2) is 12.1 Å². The van der Waals surface area contributed by atoms with Gasteiger partial charge in [0.05, 0.1) is 12.2 Å². The molecule has 2 aliphatic rings. The summed E-state index contributed by atoms with van der Waals surface area (Å²) in [6, 6.07) is 3.87. The van der Waals surface area contributed by atoms with Crippen LogP contribution in [0.25, 0.3) is 0 Å². The third kappa shape index (κ3) is 2.29. The van der Waals surface area contributed by atoms with Crippen molar-refractivity contribution in [3.8, 4) is 11.5 Å². The van der Waals surface area contributed by atoms with Gasteiger partial charge in [0.2, 0.25) is 0 Å². The Kier molecular flexibility index (Phi) is 3.12. The van der Waals surface area contributed by atoms with Crippen LogP contribution in [0.1, 0.15) is 31.7 Å². The molecule has 98 valence electrons. The molecule has 2 heterocycles. The number of benzene rings is 1. The molecule has 1 aromatic carbocycles. The molecule has 0 aliphatic carbocycles. The number of ether oxygens (including phenoxy) is 3. The summed E-state index contributed by atoms with van der Waals surface area (Å²) in [5.74, 6) is 1.92. The second-order valence-electron chi connectivity index (χ2n) is 5.03. The van der Waals surface area contributed by atoms with E-state index in [1.807, 2.05) is 12.1 Å². The van der Waals surface area contributed by atoms with Crippen molar-refractivity contribution in [2.24, 2.45) is 0 Å². The zero-order valence-electron chi connectivity index (χ0n) is 10.6. The van der Waals surface area contributed by atoms with E-state index < -0.39 is 0 Å². The van der Waals surface area contributed by atoms with Gasteiger partial charge in [-0.1, -0.05) is 18.5 Å². The average Bonchev–Trinajstić information content (AvgIpc) is 3.03. The van der Waals surface area contributed by atoms with Gasteiger partial charge in [0.25, 0.3) is 0 Å². The van der Waals surface area contributed by atoms with Crippen LogP contribution in [0.3, 0.4) is 0 Å². The summed E-state index contributed by atoms with van der Waals surface area (Å²) < 4.78 is 16.6. The first-order valence-electron chi connectivity index (χ1n) is 6.39. The van der Waals surface area contributed by atoms with Crippen molar-refractivity contribution in [1.29, 1.82) is 0 Å². The van der Waals surface area contributed by atoms with Gasteiger partial charge in [-0.2, -0.15) is 0 Å². The Balaban J connectivity index is 1.82. The number of rotatable bonds is 3. The first kappa shape index (κ1) is 12.1. The van der Waals surface area contributed by atoms with Gasteiger partial charge in [-0.25, -0.2) is 0 Å². The maximum Gasteiger partial charge on any atom is 0.162 e. The molecule has 0 amide bonds. The normalized spacial score (nSPS) is 26.8. The van der Waals surface area contributed by atoms with Gasteiger partial charge in [0.1, 0.15) is 13.2 Å². The summed E-state index contributed by atoms with van der Waals surface area (Å²) in [4.78, 5) is 0. The van der Waals surface area contributed by atoms with Crippen LogP contribution in [-0.4, -0.2) is 25.4 Å². The van der Waals surface area contributed by atoms with Gasteiger partial charge in [0.15, 0.2) is 11.5 Å². The zero-order chi connectivity index (χ0) is 12.7. The Labute approximate surface area is 112 Å². The summed E-state index contributed by atoms with van der Waals surface area (Å²) in [7, 11) is 0. The molecular formula is C14H17ClO3. The molecule has 0 aromatic heterocycles.